The molecule has 3 atom stereocenters. The average Bonchev–Trinajstić information content (AvgIpc) is 3.20. The van der Waals surface area contributed by atoms with Gasteiger partial charge in [-0.25, -0.2) is 0 Å². The third kappa shape index (κ3) is 2.92. The van der Waals surface area contributed by atoms with Crippen LogP contribution in [0.2, 0.25) is 0 Å². The van der Waals surface area contributed by atoms with Crippen molar-refractivity contribution in [2.24, 2.45) is 5.92 Å². The van der Waals surface area contributed by atoms with Crippen LogP contribution < -0.4 is 5.32 Å². The first-order valence-electron chi connectivity index (χ1n) is 8.68. The molecule has 2 aliphatic rings. The Balaban J connectivity index is 1.40. The van der Waals surface area contributed by atoms with Crippen LogP contribution in [0.4, 0.5) is 0 Å². The highest BCUT2D eigenvalue weighted by molar-refractivity contribution is 5.83. The van der Waals surface area contributed by atoms with Gasteiger partial charge in [-0.2, -0.15) is 0 Å². The van der Waals surface area contributed by atoms with Gasteiger partial charge in [0.2, 0.25) is 5.91 Å². The summed E-state index contributed by atoms with van der Waals surface area (Å²) in [7, 11) is 0. The van der Waals surface area contributed by atoms with Crippen molar-refractivity contribution in [1.29, 1.82) is 0 Å². The second kappa shape index (κ2) is 5.88. The second-order valence-electron chi connectivity index (χ2n) is 6.93. The van der Waals surface area contributed by atoms with Crippen LogP contribution in [0.3, 0.4) is 0 Å². The van der Waals surface area contributed by atoms with E-state index in [9.17, 15) is 4.79 Å². The molecule has 0 radical (unpaired) electrons. The molecule has 0 spiro atoms. The van der Waals surface area contributed by atoms with E-state index >= 15 is 0 Å². The maximum atomic E-state index is 12.4. The SMILES string of the molecule is C[C@H](NC(=O)[C@H]1C[C@H]1c1ccco1)c1ccc2c(c1)CCCC2. The molecule has 1 saturated carbocycles. The van der Waals surface area contributed by atoms with E-state index in [-0.39, 0.29) is 23.8 Å². The molecule has 23 heavy (non-hydrogen) atoms. The van der Waals surface area contributed by atoms with Crippen LogP contribution in [0.1, 0.15) is 60.6 Å². The van der Waals surface area contributed by atoms with Gasteiger partial charge in [-0.1, -0.05) is 18.2 Å². The summed E-state index contributed by atoms with van der Waals surface area (Å²) < 4.78 is 5.41. The van der Waals surface area contributed by atoms with Gasteiger partial charge in [0.05, 0.1) is 12.3 Å². The Hall–Kier alpha value is -2.03. The van der Waals surface area contributed by atoms with Gasteiger partial charge in [0.1, 0.15) is 5.76 Å². The molecular weight excluding hydrogens is 286 g/mol. The van der Waals surface area contributed by atoms with Gasteiger partial charge in [0.15, 0.2) is 0 Å². The summed E-state index contributed by atoms with van der Waals surface area (Å²) >= 11 is 0. The van der Waals surface area contributed by atoms with Gasteiger partial charge in [-0.15, -0.1) is 0 Å². The Labute approximate surface area is 137 Å². The lowest BCUT2D eigenvalue weighted by Gasteiger charge is -2.20. The fourth-order valence-corrected chi connectivity index (χ4v) is 3.73. The lowest BCUT2D eigenvalue weighted by Crippen LogP contribution is -2.28. The van der Waals surface area contributed by atoms with Crippen LogP contribution in [0, 0.1) is 5.92 Å². The Bertz CT molecular complexity index is 704. The van der Waals surface area contributed by atoms with Gasteiger partial charge in [0.25, 0.3) is 0 Å². The van der Waals surface area contributed by atoms with Crippen LogP contribution in [-0.4, -0.2) is 5.91 Å². The maximum absolute atomic E-state index is 12.4. The Morgan fingerprint density at radius 3 is 2.83 bits per heavy atom. The number of aryl methyl sites for hydroxylation is 2. The number of rotatable bonds is 4. The van der Waals surface area contributed by atoms with Crippen molar-refractivity contribution in [2.75, 3.05) is 0 Å². The highest BCUT2D eigenvalue weighted by atomic mass is 16.3. The summed E-state index contributed by atoms with van der Waals surface area (Å²) in [5.74, 6) is 1.42. The van der Waals surface area contributed by atoms with Gasteiger partial charge >= 0.3 is 0 Å². The van der Waals surface area contributed by atoms with Crippen LogP contribution in [0.25, 0.3) is 0 Å². The predicted molar refractivity (Wildman–Crippen MR) is 89.2 cm³/mol. The highest BCUT2D eigenvalue weighted by Gasteiger charge is 2.46. The van der Waals surface area contributed by atoms with Crippen molar-refractivity contribution >= 4 is 5.91 Å². The van der Waals surface area contributed by atoms with E-state index in [1.165, 1.54) is 42.4 Å². The van der Waals surface area contributed by atoms with Crippen molar-refractivity contribution in [3.63, 3.8) is 0 Å². The van der Waals surface area contributed by atoms with E-state index in [0.717, 1.165) is 12.2 Å². The molecule has 1 heterocycles. The first-order valence-corrected chi connectivity index (χ1v) is 8.68. The van der Waals surface area contributed by atoms with E-state index in [4.69, 9.17) is 4.42 Å². The van der Waals surface area contributed by atoms with Gasteiger partial charge in [-0.3, -0.25) is 4.79 Å². The number of nitrogens with one attached hydrogen (secondary N) is 1. The third-order valence-corrected chi connectivity index (χ3v) is 5.27. The molecule has 1 aromatic heterocycles. The van der Waals surface area contributed by atoms with Crippen molar-refractivity contribution in [3.05, 3.63) is 59.0 Å². The summed E-state index contributed by atoms with van der Waals surface area (Å²) in [6, 6.07) is 10.6. The smallest absolute Gasteiger partial charge is 0.224 e. The largest absolute Gasteiger partial charge is 0.469 e. The van der Waals surface area contributed by atoms with E-state index in [2.05, 4.69) is 30.4 Å². The Kier molecular flexibility index (Phi) is 3.72. The molecule has 1 N–H and O–H groups in total. The molecule has 2 aromatic rings. The molecular formula is C20H23NO2. The van der Waals surface area contributed by atoms with Crippen LogP contribution in [0.15, 0.2) is 41.0 Å². The van der Waals surface area contributed by atoms with Crippen molar-refractivity contribution in [2.45, 2.75) is 51.0 Å². The molecule has 2 aliphatic carbocycles. The van der Waals surface area contributed by atoms with Crippen molar-refractivity contribution < 1.29 is 9.21 Å². The summed E-state index contributed by atoms with van der Waals surface area (Å²) in [6.45, 7) is 2.08. The normalized spacial score (nSPS) is 23.9. The third-order valence-electron chi connectivity index (χ3n) is 5.27. The van der Waals surface area contributed by atoms with E-state index in [0.29, 0.717) is 0 Å². The summed E-state index contributed by atoms with van der Waals surface area (Å²) in [6.07, 6.45) is 7.53. The fraction of sp³-hybridized carbons (Fsp3) is 0.450. The molecule has 4 rings (SSSR count). The quantitative estimate of drug-likeness (QED) is 0.922. The summed E-state index contributed by atoms with van der Waals surface area (Å²) in [5.41, 5.74) is 4.17. The average molecular weight is 309 g/mol. The van der Waals surface area contributed by atoms with Crippen LogP contribution >= 0.6 is 0 Å². The van der Waals surface area contributed by atoms with E-state index in [1.807, 2.05) is 12.1 Å². The van der Waals surface area contributed by atoms with E-state index < -0.39 is 0 Å². The van der Waals surface area contributed by atoms with Crippen LogP contribution in [0.5, 0.6) is 0 Å². The highest BCUT2D eigenvalue weighted by Crippen LogP contribution is 2.47. The molecule has 0 aliphatic heterocycles. The standard InChI is InChI=1S/C20H23NO2/c1-13(15-9-8-14-5-2-3-6-16(14)11-15)21-20(22)18-12-17(18)19-7-4-10-23-19/h4,7-11,13,17-18H,2-3,5-6,12H2,1H3,(H,21,22)/t13-,17+,18-/m0/s1. The number of carbonyl (C=O) groups excluding carboxylic acids is 1. The molecule has 0 bridgehead atoms. The monoisotopic (exact) mass is 309 g/mol. The van der Waals surface area contributed by atoms with Crippen LogP contribution in [-0.2, 0) is 17.6 Å². The Morgan fingerprint density at radius 1 is 1.22 bits per heavy atom. The zero-order chi connectivity index (χ0) is 15.8. The minimum atomic E-state index is 0.0626. The molecule has 1 amide bonds. The summed E-state index contributed by atoms with van der Waals surface area (Å²) in [5, 5.41) is 3.18. The number of carbonyl (C=O) groups is 1. The molecule has 1 fully saturated rings. The molecule has 3 nitrogen and oxygen atoms in total. The topological polar surface area (TPSA) is 42.2 Å². The molecule has 120 valence electrons. The number of benzene rings is 1. The summed E-state index contributed by atoms with van der Waals surface area (Å²) in [4.78, 5) is 12.4. The van der Waals surface area contributed by atoms with Crippen molar-refractivity contribution in [3.8, 4) is 0 Å². The minimum absolute atomic E-state index is 0.0626. The van der Waals surface area contributed by atoms with Gasteiger partial charge in [-0.05, 0) is 67.9 Å². The number of hydrogen-bond donors (Lipinski definition) is 1. The zero-order valence-electron chi connectivity index (χ0n) is 13.5. The minimum Gasteiger partial charge on any atom is -0.469 e. The fourth-order valence-electron chi connectivity index (χ4n) is 3.73. The Morgan fingerprint density at radius 2 is 2.04 bits per heavy atom. The van der Waals surface area contributed by atoms with Gasteiger partial charge < -0.3 is 9.73 Å². The molecule has 0 unspecified atom stereocenters. The first kappa shape index (κ1) is 14.6. The van der Waals surface area contributed by atoms with E-state index in [1.54, 1.807) is 6.26 Å². The lowest BCUT2D eigenvalue weighted by molar-refractivity contribution is -0.123. The second-order valence-corrected chi connectivity index (χ2v) is 6.93. The maximum Gasteiger partial charge on any atom is 0.224 e. The number of amides is 1. The number of furan rings is 1. The lowest BCUT2D eigenvalue weighted by atomic mass is 9.89. The predicted octanol–water partition coefficient (Wildman–Crippen LogP) is 4.14. The number of hydrogen-bond acceptors (Lipinski definition) is 2. The molecule has 0 saturated heterocycles. The van der Waals surface area contributed by atoms with Gasteiger partial charge in [0, 0.05) is 11.8 Å². The first-order chi connectivity index (χ1) is 11.2. The molecule has 1 aromatic carbocycles. The zero-order valence-corrected chi connectivity index (χ0v) is 13.5. The number of fused-ring (bicyclic) bond motifs is 1. The van der Waals surface area contributed by atoms with Crippen molar-refractivity contribution in [1.82, 2.24) is 5.32 Å². The molecule has 3 heteroatoms.